The van der Waals surface area contributed by atoms with Gasteiger partial charge in [-0.25, -0.2) is 26.4 Å². The summed E-state index contributed by atoms with van der Waals surface area (Å²) >= 11 is 0. The van der Waals surface area contributed by atoms with Crippen LogP contribution in [0.25, 0.3) is 11.3 Å². The summed E-state index contributed by atoms with van der Waals surface area (Å²) in [6.45, 7) is 0.469. The summed E-state index contributed by atoms with van der Waals surface area (Å²) in [5.41, 5.74) is 1.25. The van der Waals surface area contributed by atoms with E-state index in [0.29, 0.717) is 18.7 Å². The Hall–Kier alpha value is -3.83. The summed E-state index contributed by atoms with van der Waals surface area (Å²) in [5, 5.41) is 18.6. The number of pyridine rings is 1. The largest absolute Gasteiger partial charge is 0.478 e. The van der Waals surface area contributed by atoms with Gasteiger partial charge in [0, 0.05) is 42.9 Å². The molecule has 0 aliphatic heterocycles. The van der Waals surface area contributed by atoms with Gasteiger partial charge in [0.2, 0.25) is 0 Å². The molecule has 168 valence electrons. The number of aromatic nitrogens is 2. The third-order valence-electron chi connectivity index (χ3n) is 3.93. The molecule has 11 heteroatoms. The quantitative estimate of drug-likeness (QED) is 0.456. The van der Waals surface area contributed by atoms with Gasteiger partial charge in [0.05, 0.1) is 5.69 Å². The molecule has 1 aromatic carbocycles. The molecule has 0 aliphatic rings. The van der Waals surface area contributed by atoms with Gasteiger partial charge in [0.25, 0.3) is 10.0 Å². The summed E-state index contributed by atoms with van der Waals surface area (Å²) in [6, 6.07) is 10.8. The van der Waals surface area contributed by atoms with Crippen molar-refractivity contribution in [3.05, 3.63) is 84.6 Å². The van der Waals surface area contributed by atoms with Crippen LogP contribution >= 0.6 is 0 Å². The van der Waals surface area contributed by atoms with Crippen molar-refractivity contribution >= 4 is 22.0 Å². The Labute approximate surface area is 183 Å². The lowest BCUT2D eigenvalue weighted by Crippen LogP contribution is -2.14. The average Bonchev–Trinajstić information content (AvgIpc) is 3.18. The molecule has 3 rings (SSSR count). The summed E-state index contributed by atoms with van der Waals surface area (Å²) in [7, 11) is -2.11. The highest BCUT2D eigenvalue weighted by atomic mass is 32.2. The zero-order chi connectivity index (χ0) is 23.7. The minimum absolute atomic E-state index is 0.0502. The number of carboxylic acid groups (broad SMARTS) is 2. The Morgan fingerprint density at radius 1 is 1.12 bits per heavy atom. The topological polar surface area (TPSA) is 139 Å². The minimum Gasteiger partial charge on any atom is -0.478 e. The predicted molar refractivity (Wildman–Crippen MR) is 114 cm³/mol. The molecule has 2 aromatic heterocycles. The van der Waals surface area contributed by atoms with Crippen molar-refractivity contribution in [2.24, 2.45) is 0 Å². The smallest absolute Gasteiger partial charge is 0.328 e. The molecule has 0 unspecified atom stereocenters. The van der Waals surface area contributed by atoms with Gasteiger partial charge in [-0.15, -0.1) is 0 Å². The summed E-state index contributed by atoms with van der Waals surface area (Å²) in [5.74, 6) is -2.99. The van der Waals surface area contributed by atoms with E-state index in [2.05, 4.69) is 10.3 Å². The van der Waals surface area contributed by atoms with E-state index in [4.69, 9.17) is 10.2 Å². The monoisotopic (exact) mass is 461 g/mol. The van der Waals surface area contributed by atoms with Crippen molar-refractivity contribution in [2.75, 3.05) is 7.05 Å². The molecule has 0 atom stereocenters. The molecule has 3 aromatic rings. The number of nitrogens with one attached hydrogen (secondary N) is 1. The standard InChI is InChI=1S/C17H16FN3O2S.C4H4O4/c1-19-10-13-9-17(15-6-2-3-7-16(15)18)21(12-13)24(22,23)14-5-4-8-20-11-14;5-3(6)1-2-4(7)8/h2-9,11-12,19H,10H2,1H3;1-2H,(H,5,6)(H,7,8). The molecule has 9 nitrogen and oxygen atoms in total. The first-order valence-electron chi connectivity index (χ1n) is 9.07. The van der Waals surface area contributed by atoms with Crippen molar-refractivity contribution in [3.63, 3.8) is 0 Å². The van der Waals surface area contributed by atoms with Crippen LogP contribution in [0.5, 0.6) is 0 Å². The highest BCUT2D eigenvalue weighted by Crippen LogP contribution is 2.28. The maximum Gasteiger partial charge on any atom is 0.328 e. The predicted octanol–water partition coefficient (Wildman–Crippen LogP) is 2.36. The van der Waals surface area contributed by atoms with Gasteiger partial charge in [-0.1, -0.05) is 12.1 Å². The van der Waals surface area contributed by atoms with Crippen LogP contribution in [0.1, 0.15) is 5.56 Å². The third-order valence-corrected chi connectivity index (χ3v) is 5.59. The number of carboxylic acids is 2. The Kier molecular flexibility index (Phi) is 8.38. The number of carbonyl (C=O) groups is 2. The Bertz CT molecular complexity index is 1210. The second-order valence-corrected chi connectivity index (χ2v) is 8.06. The second kappa shape index (κ2) is 11.0. The van der Waals surface area contributed by atoms with E-state index >= 15 is 0 Å². The van der Waals surface area contributed by atoms with E-state index in [-0.39, 0.29) is 16.2 Å². The van der Waals surface area contributed by atoms with Crippen molar-refractivity contribution < 1.29 is 32.6 Å². The van der Waals surface area contributed by atoms with E-state index in [1.54, 1.807) is 37.4 Å². The average molecular weight is 461 g/mol. The van der Waals surface area contributed by atoms with Crippen molar-refractivity contribution in [1.29, 1.82) is 0 Å². The number of aliphatic carboxylic acids is 2. The Morgan fingerprint density at radius 2 is 1.78 bits per heavy atom. The maximum atomic E-state index is 14.2. The molecule has 0 spiro atoms. The zero-order valence-electron chi connectivity index (χ0n) is 16.8. The fraction of sp³-hybridized carbons (Fsp3) is 0.0952. The van der Waals surface area contributed by atoms with Gasteiger partial charge < -0.3 is 15.5 Å². The molecule has 0 aliphatic carbocycles. The zero-order valence-corrected chi connectivity index (χ0v) is 17.7. The van der Waals surface area contributed by atoms with Crippen LogP contribution in [-0.2, 0) is 26.2 Å². The highest BCUT2D eigenvalue weighted by Gasteiger charge is 2.23. The SMILES string of the molecule is CNCc1cc(-c2ccccc2F)n(S(=O)(=O)c2cccnc2)c1.O=C(O)C=CC(=O)O. The number of halogens is 1. The van der Waals surface area contributed by atoms with E-state index < -0.39 is 27.8 Å². The molecule has 0 amide bonds. The lowest BCUT2D eigenvalue weighted by atomic mass is 10.1. The Morgan fingerprint density at radius 3 is 2.31 bits per heavy atom. The number of hydrogen-bond acceptors (Lipinski definition) is 6. The molecule has 0 saturated heterocycles. The molecule has 0 fully saturated rings. The number of hydrogen-bond donors (Lipinski definition) is 3. The van der Waals surface area contributed by atoms with Gasteiger partial charge in [-0.05, 0) is 42.9 Å². The summed E-state index contributed by atoms with van der Waals surface area (Å²) in [6.07, 6.45) is 5.39. The van der Waals surface area contributed by atoms with Crippen LogP contribution in [0.2, 0.25) is 0 Å². The van der Waals surface area contributed by atoms with E-state index in [9.17, 15) is 22.4 Å². The summed E-state index contributed by atoms with van der Waals surface area (Å²) in [4.78, 5) is 23.0. The van der Waals surface area contributed by atoms with Gasteiger partial charge in [-0.3, -0.25) is 4.98 Å². The minimum atomic E-state index is -3.87. The van der Waals surface area contributed by atoms with E-state index in [1.165, 1.54) is 30.7 Å². The maximum absolute atomic E-state index is 14.2. The van der Waals surface area contributed by atoms with Gasteiger partial charge in [0.1, 0.15) is 10.7 Å². The van der Waals surface area contributed by atoms with E-state index in [1.807, 2.05) is 0 Å². The molecular weight excluding hydrogens is 441 g/mol. The molecule has 32 heavy (non-hydrogen) atoms. The van der Waals surface area contributed by atoms with Crippen LogP contribution in [0.15, 0.2) is 78.1 Å². The first-order chi connectivity index (χ1) is 15.2. The number of nitrogens with zero attached hydrogens (tertiary/aromatic N) is 2. The molecule has 2 heterocycles. The first kappa shape index (κ1) is 24.4. The number of benzene rings is 1. The van der Waals surface area contributed by atoms with Crippen molar-refractivity contribution in [2.45, 2.75) is 11.4 Å². The van der Waals surface area contributed by atoms with Gasteiger partial charge >= 0.3 is 11.9 Å². The van der Waals surface area contributed by atoms with Crippen LogP contribution in [-0.4, -0.2) is 46.6 Å². The third kappa shape index (κ3) is 6.33. The normalized spacial score (nSPS) is 11.1. The van der Waals surface area contributed by atoms with Crippen molar-refractivity contribution in [3.8, 4) is 11.3 Å². The van der Waals surface area contributed by atoms with Gasteiger partial charge in [-0.2, -0.15) is 0 Å². The lowest BCUT2D eigenvalue weighted by molar-refractivity contribution is -0.134. The lowest BCUT2D eigenvalue weighted by Gasteiger charge is -2.10. The molecule has 0 saturated carbocycles. The first-order valence-corrected chi connectivity index (χ1v) is 10.5. The fourth-order valence-corrected chi connectivity index (χ4v) is 3.97. The van der Waals surface area contributed by atoms with Crippen LogP contribution in [0.3, 0.4) is 0 Å². The fourth-order valence-electron chi connectivity index (χ4n) is 2.62. The summed E-state index contributed by atoms with van der Waals surface area (Å²) < 4.78 is 41.2. The van der Waals surface area contributed by atoms with Crippen LogP contribution < -0.4 is 5.32 Å². The van der Waals surface area contributed by atoms with Crippen LogP contribution in [0.4, 0.5) is 4.39 Å². The van der Waals surface area contributed by atoms with E-state index in [0.717, 1.165) is 9.54 Å². The molecule has 3 N–H and O–H groups in total. The Balaban J connectivity index is 0.000000390. The highest BCUT2D eigenvalue weighted by molar-refractivity contribution is 7.90. The number of rotatable bonds is 7. The molecular formula is C21H20FN3O6S. The molecule has 0 radical (unpaired) electrons. The van der Waals surface area contributed by atoms with Gasteiger partial charge in [0.15, 0.2) is 0 Å². The van der Waals surface area contributed by atoms with Crippen molar-refractivity contribution in [1.82, 2.24) is 14.3 Å². The molecule has 0 bridgehead atoms. The second-order valence-electron chi connectivity index (χ2n) is 6.24. The van der Waals surface area contributed by atoms with Crippen LogP contribution in [0, 0.1) is 5.82 Å².